The molecule has 0 saturated carbocycles. The van der Waals surface area contributed by atoms with Crippen LogP contribution >= 0.6 is 11.3 Å². The second-order valence-corrected chi connectivity index (χ2v) is 11.6. The maximum atomic E-state index is 13.2. The van der Waals surface area contributed by atoms with Crippen molar-refractivity contribution in [3.8, 4) is 5.75 Å². The molecule has 1 atom stereocenters. The van der Waals surface area contributed by atoms with Gasteiger partial charge >= 0.3 is 5.97 Å². The zero-order valence-corrected chi connectivity index (χ0v) is 26.9. The molecule has 0 bridgehead atoms. The lowest BCUT2D eigenvalue weighted by atomic mass is 10.00. The topological polar surface area (TPSA) is 84.9 Å². The largest absolute Gasteiger partial charge is 0.492 e. The molecule has 0 radical (unpaired) electrons. The molecule has 0 fully saturated rings. The van der Waals surface area contributed by atoms with E-state index < -0.39 is 12.0 Å². The van der Waals surface area contributed by atoms with Crippen molar-refractivity contribution in [2.45, 2.75) is 19.0 Å². The van der Waals surface area contributed by atoms with E-state index in [2.05, 4.69) is 5.32 Å². The van der Waals surface area contributed by atoms with E-state index in [4.69, 9.17) is 9.47 Å². The smallest absolute Gasteiger partial charge is 0.328 e. The van der Waals surface area contributed by atoms with Gasteiger partial charge in [0.1, 0.15) is 18.4 Å². The summed E-state index contributed by atoms with van der Waals surface area (Å²) in [5, 5.41) is 7.21. The first-order valence-electron chi connectivity index (χ1n) is 15.3. The van der Waals surface area contributed by atoms with Crippen LogP contribution in [0.1, 0.15) is 32.6 Å². The summed E-state index contributed by atoms with van der Waals surface area (Å²) in [7, 11) is 1.35. The van der Waals surface area contributed by atoms with Gasteiger partial charge in [0.2, 0.25) is 5.91 Å². The number of carbonyl (C=O) groups is 3. The van der Waals surface area contributed by atoms with E-state index >= 15 is 0 Å². The van der Waals surface area contributed by atoms with Crippen molar-refractivity contribution in [2.75, 3.05) is 25.6 Å². The summed E-state index contributed by atoms with van der Waals surface area (Å²) in [5.41, 5.74) is 4.50. The Hall–Kier alpha value is -5.47. The Balaban J connectivity index is 1.21. The molecule has 1 unspecified atom stereocenters. The maximum Gasteiger partial charge on any atom is 0.328 e. The fraction of sp³-hybridized carbons (Fsp3) is 0.154. The molecule has 0 saturated heterocycles. The highest BCUT2D eigenvalue weighted by atomic mass is 32.1. The molecule has 5 rings (SSSR count). The van der Waals surface area contributed by atoms with Crippen LogP contribution in [-0.2, 0) is 27.3 Å². The minimum absolute atomic E-state index is 0.0904. The van der Waals surface area contributed by atoms with Crippen molar-refractivity contribution in [3.05, 3.63) is 160 Å². The number of methoxy groups -OCH3 is 1. The minimum atomic E-state index is -0.726. The molecule has 8 heteroatoms. The number of carbonyl (C=O) groups excluding carboxylic acids is 3. The van der Waals surface area contributed by atoms with Crippen molar-refractivity contribution in [2.24, 2.45) is 0 Å². The van der Waals surface area contributed by atoms with Crippen LogP contribution in [0.4, 0.5) is 5.69 Å². The monoisotopic (exact) mass is 644 g/mol. The summed E-state index contributed by atoms with van der Waals surface area (Å²) in [4.78, 5) is 40.9. The zero-order valence-electron chi connectivity index (χ0n) is 26.1. The third kappa shape index (κ3) is 9.51. The van der Waals surface area contributed by atoms with E-state index in [1.165, 1.54) is 7.11 Å². The van der Waals surface area contributed by atoms with Crippen molar-refractivity contribution in [1.82, 2.24) is 4.90 Å². The van der Waals surface area contributed by atoms with Gasteiger partial charge < -0.3 is 19.7 Å². The van der Waals surface area contributed by atoms with Crippen LogP contribution in [0, 0.1) is 0 Å². The SMILES string of the molecule is COC(=O)C(Cc1ccc(OCCN(Cc2ccccc2)C(=O)C=Cc2ccsc2)cc1)Nc1ccccc1C(=O)c1ccccc1. The van der Waals surface area contributed by atoms with Gasteiger partial charge in [0.25, 0.3) is 0 Å². The number of ether oxygens (including phenoxy) is 2. The number of anilines is 1. The Kier molecular flexibility index (Phi) is 11.7. The van der Waals surface area contributed by atoms with Crippen LogP contribution in [0.15, 0.2) is 132 Å². The van der Waals surface area contributed by atoms with Crippen molar-refractivity contribution in [3.63, 3.8) is 0 Å². The van der Waals surface area contributed by atoms with Crippen molar-refractivity contribution < 1.29 is 23.9 Å². The number of nitrogens with zero attached hydrogens (tertiary/aromatic N) is 1. The number of esters is 1. The second-order valence-electron chi connectivity index (χ2n) is 10.8. The number of hydrogen-bond acceptors (Lipinski definition) is 7. The lowest BCUT2D eigenvalue weighted by Crippen LogP contribution is -2.33. The Morgan fingerprint density at radius 2 is 1.53 bits per heavy atom. The molecule has 1 N–H and O–H groups in total. The highest BCUT2D eigenvalue weighted by Gasteiger charge is 2.23. The lowest BCUT2D eigenvalue weighted by Gasteiger charge is -2.22. The number of rotatable bonds is 15. The molecule has 7 nitrogen and oxygen atoms in total. The first-order valence-corrected chi connectivity index (χ1v) is 16.2. The van der Waals surface area contributed by atoms with E-state index in [1.807, 2.05) is 102 Å². The van der Waals surface area contributed by atoms with Gasteiger partial charge in [-0.25, -0.2) is 4.79 Å². The Morgan fingerprint density at radius 1 is 0.830 bits per heavy atom. The van der Waals surface area contributed by atoms with Crippen LogP contribution in [0.25, 0.3) is 6.08 Å². The average Bonchev–Trinajstić information content (AvgIpc) is 3.65. The van der Waals surface area contributed by atoms with Gasteiger partial charge in [0, 0.05) is 35.9 Å². The van der Waals surface area contributed by atoms with Crippen molar-refractivity contribution >= 4 is 40.8 Å². The zero-order chi connectivity index (χ0) is 32.8. The summed E-state index contributed by atoms with van der Waals surface area (Å²) in [6.45, 7) is 1.18. The van der Waals surface area contributed by atoms with Crippen LogP contribution in [-0.4, -0.2) is 48.9 Å². The summed E-state index contributed by atoms with van der Waals surface area (Å²) >= 11 is 1.59. The van der Waals surface area contributed by atoms with Gasteiger partial charge in [0.15, 0.2) is 5.78 Å². The van der Waals surface area contributed by atoms with Gasteiger partial charge in [-0.15, -0.1) is 0 Å². The average molecular weight is 645 g/mol. The molecule has 5 aromatic rings. The fourth-order valence-corrected chi connectivity index (χ4v) is 5.65. The molecule has 0 spiro atoms. The second kappa shape index (κ2) is 16.7. The molecular weight excluding hydrogens is 609 g/mol. The molecule has 4 aromatic carbocycles. The fourth-order valence-electron chi connectivity index (χ4n) is 5.02. The first-order chi connectivity index (χ1) is 23.0. The molecule has 238 valence electrons. The van der Waals surface area contributed by atoms with Crippen LogP contribution < -0.4 is 10.1 Å². The predicted molar refractivity (Wildman–Crippen MR) is 187 cm³/mol. The molecule has 1 heterocycles. The van der Waals surface area contributed by atoms with Gasteiger partial charge in [-0.2, -0.15) is 11.3 Å². The molecule has 0 aliphatic carbocycles. The maximum absolute atomic E-state index is 13.2. The summed E-state index contributed by atoms with van der Waals surface area (Å²) in [6.07, 6.45) is 3.75. The van der Waals surface area contributed by atoms with E-state index in [0.717, 1.165) is 16.7 Å². The number of para-hydroxylation sites is 1. The summed E-state index contributed by atoms with van der Waals surface area (Å²) < 4.78 is 11.1. The minimum Gasteiger partial charge on any atom is -0.492 e. The summed E-state index contributed by atoms with van der Waals surface area (Å²) in [6, 6.07) is 34.8. The van der Waals surface area contributed by atoms with Gasteiger partial charge in [-0.05, 0) is 63.9 Å². The highest BCUT2D eigenvalue weighted by Crippen LogP contribution is 2.22. The van der Waals surface area contributed by atoms with Crippen LogP contribution in [0.5, 0.6) is 5.75 Å². The summed E-state index contributed by atoms with van der Waals surface area (Å²) in [5.74, 6) is -0.0201. The highest BCUT2D eigenvalue weighted by molar-refractivity contribution is 7.08. The number of ketones is 1. The molecular formula is C39H36N2O5S. The van der Waals surface area contributed by atoms with E-state index in [0.29, 0.717) is 48.7 Å². The van der Waals surface area contributed by atoms with Crippen LogP contribution in [0.3, 0.4) is 0 Å². The Bertz CT molecular complexity index is 1770. The first kappa shape index (κ1) is 32.9. The van der Waals surface area contributed by atoms with Gasteiger partial charge in [-0.3, -0.25) is 9.59 Å². The van der Waals surface area contributed by atoms with Gasteiger partial charge in [-0.1, -0.05) is 84.9 Å². The Labute approximate surface area is 279 Å². The van der Waals surface area contributed by atoms with E-state index in [-0.39, 0.29) is 11.7 Å². The van der Waals surface area contributed by atoms with Crippen molar-refractivity contribution in [1.29, 1.82) is 0 Å². The lowest BCUT2D eigenvalue weighted by molar-refractivity contribution is -0.141. The third-order valence-corrected chi connectivity index (χ3v) is 8.21. The molecule has 47 heavy (non-hydrogen) atoms. The molecule has 1 aromatic heterocycles. The molecule has 1 amide bonds. The van der Waals surface area contributed by atoms with E-state index in [9.17, 15) is 14.4 Å². The molecule has 0 aliphatic heterocycles. The third-order valence-electron chi connectivity index (χ3n) is 7.51. The van der Waals surface area contributed by atoms with Gasteiger partial charge in [0.05, 0.1) is 13.7 Å². The number of nitrogens with one attached hydrogen (secondary N) is 1. The number of hydrogen-bond donors (Lipinski definition) is 1. The number of benzene rings is 4. The quantitative estimate of drug-likeness (QED) is 0.0732. The number of thiophene rings is 1. The number of amides is 1. The van der Waals surface area contributed by atoms with Crippen LogP contribution in [0.2, 0.25) is 0 Å². The van der Waals surface area contributed by atoms with E-state index in [1.54, 1.807) is 52.6 Å². The standard InChI is InChI=1S/C39H36N2O5S/c1-45-39(44)36(40-35-15-9-8-14-34(35)38(43)32-12-6-3-7-13-32)26-29-16-19-33(20-17-29)46-24-23-41(27-30-10-4-2-5-11-30)37(42)21-18-31-22-25-47-28-31/h2-22,25,28,36,40H,23-24,26-27H2,1H3. The normalized spacial score (nSPS) is 11.5. The predicted octanol–water partition coefficient (Wildman–Crippen LogP) is 7.30. The Morgan fingerprint density at radius 3 is 2.23 bits per heavy atom. The molecule has 0 aliphatic rings.